The molecule has 1 amide bonds. The third-order valence-electron chi connectivity index (χ3n) is 2.71. The van der Waals surface area contributed by atoms with Crippen LogP contribution < -0.4 is 5.32 Å². The van der Waals surface area contributed by atoms with Crippen LogP contribution in [0.1, 0.15) is 15.9 Å². The number of hydrogen-bond donors (Lipinski definition) is 2. The molecule has 0 aromatic heterocycles. The van der Waals surface area contributed by atoms with Crippen LogP contribution in [0.2, 0.25) is 5.02 Å². The molecular weight excluding hydrogens is 365 g/mol. The Balaban J connectivity index is 2.32. The molecule has 0 heterocycles. The zero-order chi connectivity index (χ0) is 14.9. The lowest BCUT2D eigenvalue weighted by Gasteiger charge is -2.11. The average Bonchev–Trinajstić information content (AvgIpc) is 2.38. The van der Waals surface area contributed by atoms with Crippen molar-refractivity contribution in [3.63, 3.8) is 0 Å². The number of thiol groups is 1. The first kappa shape index (κ1) is 15.4. The van der Waals surface area contributed by atoms with E-state index in [9.17, 15) is 9.18 Å². The van der Waals surface area contributed by atoms with Crippen molar-refractivity contribution in [3.05, 3.63) is 56.8 Å². The lowest BCUT2D eigenvalue weighted by Crippen LogP contribution is -2.13. The van der Waals surface area contributed by atoms with Gasteiger partial charge in [0, 0.05) is 10.6 Å². The summed E-state index contributed by atoms with van der Waals surface area (Å²) in [7, 11) is 0. The largest absolute Gasteiger partial charge is 0.322 e. The SMILES string of the molecule is Cc1cc(Br)c(F)cc1NC(=O)c1cc(S)ccc1Cl. The molecule has 2 aromatic carbocycles. The fourth-order valence-electron chi connectivity index (χ4n) is 1.66. The highest BCUT2D eigenvalue weighted by Crippen LogP contribution is 2.26. The van der Waals surface area contributed by atoms with Crippen molar-refractivity contribution >= 4 is 51.8 Å². The van der Waals surface area contributed by atoms with Gasteiger partial charge >= 0.3 is 0 Å². The van der Waals surface area contributed by atoms with Crippen molar-refractivity contribution in [2.45, 2.75) is 11.8 Å². The molecule has 0 aliphatic heterocycles. The van der Waals surface area contributed by atoms with E-state index in [0.29, 0.717) is 25.6 Å². The number of carbonyl (C=O) groups excluding carboxylic acids is 1. The van der Waals surface area contributed by atoms with Gasteiger partial charge < -0.3 is 5.32 Å². The van der Waals surface area contributed by atoms with Crippen molar-refractivity contribution in [2.24, 2.45) is 0 Å². The summed E-state index contributed by atoms with van der Waals surface area (Å²) < 4.78 is 13.9. The van der Waals surface area contributed by atoms with Crippen LogP contribution in [-0.2, 0) is 0 Å². The number of aryl methyl sites for hydroxylation is 1. The minimum absolute atomic E-state index is 0.293. The summed E-state index contributed by atoms with van der Waals surface area (Å²) in [4.78, 5) is 12.8. The molecule has 2 nitrogen and oxygen atoms in total. The van der Waals surface area contributed by atoms with E-state index in [1.165, 1.54) is 6.07 Å². The highest BCUT2D eigenvalue weighted by atomic mass is 79.9. The van der Waals surface area contributed by atoms with Gasteiger partial charge in [0.2, 0.25) is 0 Å². The zero-order valence-electron chi connectivity index (χ0n) is 10.4. The number of nitrogens with one attached hydrogen (secondary N) is 1. The maximum absolute atomic E-state index is 13.5. The molecule has 0 saturated carbocycles. The Morgan fingerprint density at radius 2 is 2.05 bits per heavy atom. The second-order valence-corrected chi connectivity index (χ2v) is 5.98. The molecule has 2 aromatic rings. The fourth-order valence-corrected chi connectivity index (χ4v) is 2.52. The number of amides is 1. The van der Waals surface area contributed by atoms with Gasteiger partial charge in [-0.05, 0) is 58.7 Å². The third kappa shape index (κ3) is 3.34. The predicted molar refractivity (Wildman–Crippen MR) is 85.5 cm³/mol. The Morgan fingerprint density at radius 1 is 1.35 bits per heavy atom. The summed E-state index contributed by atoms with van der Waals surface area (Å²) in [5.74, 6) is -0.851. The Bertz CT molecular complexity index is 693. The van der Waals surface area contributed by atoms with Gasteiger partial charge in [-0.25, -0.2) is 4.39 Å². The summed E-state index contributed by atoms with van der Waals surface area (Å²) in [6, 6.07) is 7.70. The molecule has 104 valence electrons. The molecule has 0 unspecified atom stereocenters. The van der Waals surface area contributed by atoms with E-state index in [1.807, 2.05) is 0 Å². The number of hydrogen-bond acceptors (Lipinski definition) is 2. The fraction of sp³-hybridized carbons (Fsp3) is 0.0714. The Kier molecular flexibility index (Phi) is 4.73. The summed E-state index contributed by atoms with van der Waals surface area (Å²) >= 11 is 13.2. The van der Waals surface area contributed by atoms with Crippen molar-refractivity contribution in [2.75, 3.05) is 5.32 Å². The quantitative estimate of drug-likeness (QED) is 0.704. The molecule has 0 aliphatic rings. The molecule has 2 rings (SSSR count). The Hall–Kier alpha value is -1.04. The van der Waals surface area contributed by atoms with Gasteiger partial charge in [0.1, 0.15) is 5.82 Å². The summed E-state index contributed by atoms with van der Waals surface area (Å²) in [5, 5.41) is 2.96. The molecule has 0 bridgehead atoms. The van der Waals surface area contributed by atoms with E-state index in [0.717, 1.165) is 5.56 Å². The molecule has 6 heteroatoms. The minimum Gasteiger partial charge on any atom is -0.322 e. The van der Waals surface area contributed by atoms with E-state index in [1.54, 1.807) is 31.2 Å². The van der Waals surface area contributed by atoms with Crippen LogP contribution in [0.4, 0.5) is 10.1 Å². The zero-order valence-corrected chi connectivity index (χ0v) is 13.6. The maximum Gasteiger partial charge on any atom is 0.257 e. The first-order valence-corrected chi connectivity index (χ1v) is 7.26. The van der Waals surface area contributed by atoms with Crippen molar-refractivity contribution in [3.8, 4) is 0 Å². The summed E-state index contributed by atoms with van der Waals surface area (Å²) in [5.41, 5.74) is 1.43. The second kappa shape index (κ2) is 6.16. The van der Waals surface area contributed by atoms with E-state index in [2.05, 4.69) is 33.9 Å². The van der Waals surface area contributed by atoms with Gasteiger partial charge in [0.15, 0.2) is 0 Å². The highest BCUT2D eigenvalue weighted by molar-refractivity contribution is 9.10. The van der Waals surface area contributed by atoms with E-state index < -0.39 is 11.7 Å². The molecule has 0 aliphatic carbocycles. The monoisotopic (exact) mass is 373 g/mol. The average molecular weight is 375 g/mol. The number of anilines is 1. The van der Waals surface area contributed by atoms with Crippen LogP contribution in [-0.4, -0.2) is 5.91 Å². The molecule has 0 fully saturated rings. The first-order valence-electron chi connectivity index (χ1n) is 5.64. The standard InChI is InChI=1S/C14H10BrClFNOS/c1-7-4-10(15)12(17)6-13(7)18-14(19)9-5-8(20)2-3-11(9)16/h2-6,20H,1H3,(H,18,19). The Morgan fingerprint density at radius 3 is 2.75 bits per heavy atom. The predicted octanol–water partition coefficient (Wildman–Crippen LogP) is 5.09. The lowest BCUT2D eigenvalue weighted by atomic mass is 10.1. The van der Waals surface area contributed by atoms with Gasteiger partial charge in [0.05, 0.1) is 15.1 Å². The van der Waals surface area contributed by atoms with Gasteiger partial charge in [-0.15, -0.1) is 12.6 Å². The molecule has 20 heavy (non-hydrogen) atoms. The number of halogens is 3. The van der Waals surface area contributed by atoms with Crippen LogP contribution in [0.25, 0.3) is 0 Å². The Labute approximate surface area is 134 Å². The molecule has 0 saturated heterocycles. The van der Waals surface area contributed by atoms with Gasteiger partial charge in [0.25, 0.3) is 5.91 Å². The van der Waals surface area contributed by atoms with Crippen molar-refractivity contribution in [1.29, 1.82) is 0 Å². The number of benzene rings is 2. The first-order chi connectivity index (χ1) is 9.38. The van der Waals surface area contributed by atoms with Gasteiger partial charge in [-0.2, -0.15) is 0 Å². The smallest absolute Gasteiger partial charge is 0.257 e. The topological polar surface area (TPSA) is 29.1 Å². The van der Waals surface area contributed by atoms with Crippen molar-refractivity contribution in [1.82, 2.24) is 0 Å². The van der Waals surface area contributed by atoms with E-state index in [4.69, 9.17) is 11.6 Å². The molecule has 0 atom stereocenters. The molecular formula is C14H10BrClFNOS. The molecule has 0 radical (unpaired) electrons. The lowest BCUT2D eigenvalue weighted by molar-refractivity contribution is 0.102. The van der Waals surface area contributed by atoms with Crippen LogP contribution in [0.15, 0.2) is 39.7 Å². The summed E-state index contributed by atoms with van der Waals surface area (Å²) in [6.45, 7) is 1.77. The van der Waals surface area contributed by atoms with E-state index in [-0.39, 0.29) is 0 Å². The van der Waals surface area contributed by atoms with Crippen LogP contribution in [0.3, 0.4) is 0 Å². The second-order valence-electron chi connectivity index (χ2n) is 4.20. The van der Waals surface area contributed by atoms with Gasteiger partial charge in [-0.3, -0.25) is 4.79 Å². The third-order valence-corrected chi connectivity index (χ3v) is 3.93. The van der Waals surface area contributed by atoms with E-state index >= 15 is 0 Å². The maximum atomic E-state index is 13.5. The van der Waals surface area contributed by atoms with Crippen LogP contribution in [0.5, 0.6) is 0 Å². The highest BCUT2D eigenvalue weighted by Gasteiger charge is 2.13. The van der Waals surface area contributed by atoms with Crippen LogP contribution >= 0.6 is 40.2 Å². The molecule has 1 N–H and O–H groups in total. The normalized spacial score (nSPS) is 10.4. The van der Waals surface area contributed by atoms with Crippen molar-refractivity contribution < 1.29 is 9.18 Å². The van der Waals surface area contributed by atoms with Gasteiger partial charge in [-0.1, -0.05) is 11.6 Å². The summed E-state index contributed by atoms with van der Waals surface area (Å²) in [6.07, 6.45) is 0. The number of rotatable bonds is 2. The minimum atomic E-state index is -0.444. The number of carbonyl (C=O) groups is 1. The van der Waals surface area contributed by atoms with Crippen LogP contribution in [0, 0.1) is 12.7 Å². The molecule has 0 spiro atoms.